The zero-order chi connectivity index (χ0) is 14.8. The van der Waals surface area contributed by atoms with Gasteiger partial charge in [-0.05, 0) is 49.7 Å². The number of nitrogens with one attached hydrogen (secondary N) is 1. The van der Waals surface area contributed by atoms with Gasteiger partial charge in [0.05, 0.1) is 6.04 Å². The monoisotopic (exact) mass is 279 g/mol. The Morgan fingerprint density at radius 2 is 1.81 bits per heavy atom. The Balaban J connectivity index is 2.00. The smallest absolute Gasteiger partial charge is 0.134 e. The molecule has 0 aliphatic carbocycles. The van der Waals surface area contributed by atoms with Crippen molar-refractivity contribution in [3.63, 3.8) is 0 Å². The average Bonchev–Trinajstić information content (AvgIpc) is 2.91. The van der Waals surface area contributed by atoms with Gasteiger partial charge < -0.3 is 9.73 Å². The molecular weight excluding hydrogens is 258 g/mol. The topological polar surface area (TPSA) is 25.2 Å². The Labute approximate surface area is 125 Å². The normalized spacial score (nSPS) is 12.7. The molecule has 1 unspecified atom stereocenters. The van der Waals surface area contributed by atoms with E-state index in [0.717, 1.165) is 23.2 Å². The summed E-state index contributed by atoms with van der Waals surface area (Å²) in [6.07, 6.45) is 1.06. The Morgan fingerprint density at radius 3 is 2.48 bits per heavy atom. The molecule has 1 aromatic heterocycles. The molecule has 0 fully saturated rings. The van der Waals surface area contributed by atoms with Crippen molar-refractivity contribution in [1.82, 2.24) is 5.32 Å². The van der Waals surface area contributed by atoms with E-state index in [1.807, 2.05) is 13.1 Å². The van der Waals surface area contributed by atoms with Gasteiger partial charge in [0.1, 0.15) is 11.3 Å². The van der Waals surface area contributed by atoms with Gasteiger partial charge in [0.2, 0.25) is 0 Å². The number of furan rings is 1. The van der Waals surface area contributed by atoms with Crippen molar-refractivity contribution >= 4 is 11.0 Å². The number of hydrogen-bond donors (Lipinski definition) is 1. The first-order chi connectivity index (χ1) is 10.2. The second-order valence-electron chi connectivity index (χ2n) is 5.51. The highest BCUT2D eigenvalue weighted by molar-refractivity contribution is 5.78. The lowest BCUT2D eigenvalue weighted by Crippen LogP contribution is -2.16. The largest absolute Gasteiger partial charge is 0.459 e. The van der Waals surface area contributed by atoms with Gasteiger partial charge in [-0.3, -0.25) is 0 Å². The Bertz CT molecular complexity index is 740. The average molecular weight is 279 g/mol. The lowest BCUT2D eigenvalue weighted by Gasteiger charge is -2.14. The molecule has 0 aliphatic rings. The molecule has 108 valence electrons. The first-order valence-corrected chi connectivity index (χ1v) is 7.47. The van der Waals surface area contributed by atoms with E-state index in [1.165, 1.54) is 16.7 Å². The number of hydrogen-bond acceptors (Lipinski definition) is 2. The molecular formula is C19H21NO. The van der Waals surface area contributed by atoms with Crippen LogP contribution in [0.2, 0.25) is 0 Å². The van der Waals surface area contributed by atoms with Crippen LogP contribution in [0.3, 0.4) is 0 Å². The van der Waals surface area contributed by atoms with Crippen molar-refractivity contribution in [2.75, 3.05) is 7.05 Å². The van der Waals surface area contributed by atoms with Gasteiger partial charge >= 0.3 is 0 Å². The number of benzene rings is 2. The van der Waals surface area contributed by atoms with E-state index in [1.54, 1.807) is 0 Å². The third-order valence-corrected chi connectivity index (χ3v) is 3.99. The predicted octanol–water partition coefficient (Wildman–Crippen LogP) is 4.61. The fraction of sp³-hybridized carbons (Fsp3) is 0.263. The minimum atomic E-state index is 0.0867. The van der Waals surface area contributed by atoms with Crippen LogP contribution in [0.1, 0.15) is 35.4 Å². The van der Waals surface area contributed by atoms with Crippen LogP contribution in [0, 0.1) is 6.92 Å². The first-order valence-electron chi connectivity index (χ1n) is 7.47. The van der Waals surface area contributed by atoms with Crippen LogP contribution in [-0.2, 0) is 6.42 Å². The minimum Gasteiger partial charge on any atom is -0.459 e. The minimum absolute atomic E-state index is 0.0867. The van der Waals surface area contributed by atoms with E-state index in [4.69, 9.17) is 4.42 Å². The molecule has 2 aromatic carbocycles. The Hall–Kier alpha value is -2.06. The van der Waals surface area contributed by atoms with E-state index in [2.05, 4.69) is 61.6 Å². The summed E-state index contributed by atoms with van der Waals surface area (Å²) < 4.78 is 6.02. The van der Waals surface area contributed by atoms with Gasteiger partial charge in [0.15, 0.2) is 0 Å². The summed E-state index contributed by atoms with van der Waals surface area (Å²) >= 11 is 0. The molecule has 0 amide bonds. The number of aryl methyl sites for hydroxylation is 2. The molecule has 0 radical (unpaired) electrons. The van der Waals surface area contributed by atoms with Crippen LogP contribution in [0.5, 0.6) is 0 Å². The third kappa shape index (κ3) is 2.72. The predicted molar refractivity (Wildman–Crippen MR) is 87.7 cm³/mol. The van der Waals surface area contributed by atoms with Gasteiger partial charge in [-0.2, -0.15) is 0 Å². The van der Waals surface area contributed by atoms with E-state index < -0.39 is 0 Å². The third-order valence-electron chi connectivity index (χ3n) is 3.99. The number of fused-ring (bicyclic) bond motifs is 1. The lowest BCUT2D eigenvalue weighted by atomic mass is 10.0. The van der Waals surface area contributed by atoms with Crippen molar-refractivity contribution in [3.8, 4) is 0 Å². The van der Waals surface area contributed by atoms with Crippen molar-refractivity contribution in [2.45, 2.75) is 26.3 Å². The molecule has 1 heterocycles. The standard InChI is InChI=1S/C19H21NO/c1-4-14-6-8-15(9-7-14)19(20-3)18-12-16-11-13(2)5-10-17(16)21-18/h5-12,19-20H,4H2,1-3H3. The molecule has 21 heavy (non-hydrogen) atoms. The molecule has 0 saturated carbocycles. The maximum atomic E-state index is 6.02. The van der Waals surface area contributed by atoms with Crippen LogP contribution in [-0.4, -0.2) is 7.05 Å². The highest BCUT2D eigenvalue weighted by Gasteiger charge is 2.16. The van der Waals surface area contributed by atoms with Crippen LogP contribution in [0.15, 0.2) is 52.9 Å². The summed E-state index contributed by atoms with van der Waals surface area (Å²) in [5.41, 5.74) is 4.78. The quantitative estimate of drug-likeness (QED) is 0.754. The Morgan fingerprint density at radius 1 is 1.05 bits per heavy atom. The maximum Gasteiger partial charge on any atom is 0.134 e. The summed E-state index contributed by atoms with van der Waals surface area (Å²) in [6, 6.07) is 17.2. The Kier molecular flexibility index (Phi) is 3.80. The molecule has 1 atom stereocenters. The van der Waals surface area contributed by atoms with Gasteiger partial charge in [0.25, 0.3) is 0 Å². The molecule has 0 saturated heterocycles. The van der Waals surface area contributed by atoms with Crippen molar-refractivity contribution < 1.29 is 4.42 Å². The van der Waals surface area contributed by atoms with Crippen LogP contribution < -0.4 is 5.32 Å². The van der Waals surface area contributed by atoms with Gasteiger partial charge in [0, 0.05) is 5.39 Å². The van der Waals surface area contributed by atoms with Crippen molar-refractivity contribution in [2.24, 2.45) is 0 Å². The van der Waals surface area contributed by atoms with Crippen molar-refractivity contribution in [1.29, 1.82) is 0 Å². The summed E-state index contributed by atoms with van der Waals surface area (Å²) in [5.74, 6) is 0.961. The molecule has 0 aliphatic heterocycles. The molecule has 1 N–H and O–H groups in total. The maximum absolute atomic E-state index is 6.02. The fourth-order valence-electron chi connectivity index (χ4n) is 2.74. The van der Waals surface area contributed by atoms with E-state index >= 15 is 0 Å². The van der Waals surface area contributed by atoms with Crippen molar-refractivity contribution in [3.05, 3.63) is 71.0 Å². The van der Waals surface area contributed by atoms with Crippen LogP contribution in [0.4, 0.5) is 0 Å². The molecule has 0 bridgehead atoms. The van der Waals surface area contributed by atoms with Crippen LogP contribution in [0.25, 0.3) is 11.0 Å². The molecule has 0 spiro atoms. The van der Waals surface area contributed by atoms with Gasteiger partial charge in [-0.25, -0.2) is 0 Å². The van der Waals surface area contributed by atoms with E-state index in [9.17, 15) is 0 Å². The highest BCUT2D eigenvalue weighted by atomic mass is 16.3. The zero-order valence-corrected chi connectivity index (χ0v) is 12.8. The highest BCUT2D eigenvalue weighted by Crippen LogP contribution is 2.28. The number of rotatable bonds is 4. The van der Waals surface area contributed by atoms with E-state index in [-0.39, 0.29) is 6.04 Å². The zero-order valence-electron chi connectivity index (χ0n) is 12.8. The summed E-state index contributed by atoms with van der Waals surface area (Å²) in [5, 5.41) is 4.52. The molecule has 3 aromatic rings. The molecule has 2 heteroatoms. The first kappa shape index (κ1) is 13.9. The lowest BCUT2D eigenvalue weighted by molar-refractivity contribution is 0.491. The second-order valence-corrected chi connectivity index (χ2v) is 5.51. The fourth-order valence-corrected chi connectivity index (χ4v) is 2.74. The van der Waals surface area contributed by atoms with Crippen LogP contribution >= 0.6 is 0 Å². The van der Waals surface area contributed by atoms with E-state index in [0.29, 0.717) is 0 Å². The summed E-state index contributed by atoms with van der Waals surface area (Å²) in [4.78, 5) is 0. The van der Waals surface area contributed by atoms with Gasteiger partial charge in [-0.15, -0.1) is 0 Å². The molecule has 2 nitrogen and oxygen atoms in total. The molecule has 3 rings (SSSR count). The summed E-state index contributed by atoms with van der Waals surface area (Å²) in [7, 11) is 1.97. The van der Waals surface area contributed by atoms with Gasteiger partial charge in [-0.1, -0.05) is 42.8 Å². The SMILES string of the molecule is CCc1ccc(C(NC)c2cc3cc(C)ccc3o2)cc1. The second kappa shape index (κ2) is 5.74. The summed E-state index contributed by atoms with van der Waals surface area (Å²) in [6.45, 7) is 4.28.